The molecule has 2 aromatic carbocycles. The van der Waals surface area contributed by atoms with Gasteiger partial charge in [0.1, 0.15) is 11.9 Å². The molecule has 7 heteroatoms. The Morgan fingerprint density at radius 2 is 1.70 bits per heavy atom. The Bertz CT molecular complexity index is 843. The minimum absolute atomic E-state index is 0.183. The second-order valence-electron chi connectivity index (χ2n) is 8.25. The van der Waals surface area contributed by atoms with Gasteiger partial charge < -0.3 is 29.9 Å². The van der Waals surface area contributed by atoms with Gasteiger partial charge in [-0.25, -0.2) is 0 Å². The first-order valence-corrected chi connectivity index (χ1v) is 10.7. The highest BCUT2D eigenvalue weighted by Gasteiger charge is 2.52. The largest absolute Gasteiger partial charge is 0.508 e. The highest BCUT2D eigenvalue weighted by Crippen LogP contribution is 2.32. The quantitative estimate of drug-likeness (QED) is 0.682. The van der Waals surface area contributed by atoms with E-state index in [0.717, 1.165) is 31.7 Å². The summed E-state index contributed by atoms with van der Waals surface area (Å²) in [6, 6.07) is 17.2. The molecule has 0 aliphatic carbocycles. The molecule has 0 spiro atoms. The van der Waals surface area contributed by atoms with E-state index in [1.807, 2.05) is 18.2 Å². The van der Waals surface area contributed by atoms with Gasteiger partial charge in [0.15, 0.2) is 6.29 Å². The number of phenols is 1. The molecule has 0 aromatic heterocycles. The van der Waals surface area contributed by atoms with Crippen LogP contribution < -0.4 is 10.2 Å². The molecule has 3 saturated heterocycles. The van der Waals surface area contributed by atoms with E-state index in [1.54, 1.807) is 12.1 Å². The number of fused-ring (bicyclic) bond motifs is 2. The molecule has 3 aliphatic rings. The predicted octanol–water partition coefficient (Wildman–Crippen LogP) is 1.16. The van der Waals surface area contributed by atoms with Crippen molar-refractivity contribution in [2.45, 2.75) is 37.1 Å². The second kappa shape index (κ2) is 8.53. The van der Waals surface area contributed by atoms with Gasteiger partial charge in [0.2, 0.25) is 0 Å². The first-order valence-electron chi connectivity index (χ1n) is 10.7. The number of aliphatic hydroxyl groups excluding tert-OH is 1. The third-order valence-corrected chi connectivity index (χ3v) is 6.51. The fourth-order valence-corrected chi connectivity index (χ4v) is 4.85. The van der Waals surface area contributed by atoms with Crippen LogP contribution in [0.2, 0.25) is 0 Å². The summed E-state index contributed by atoms with van der Waals surface area (Å²) in [5.41, 5.74) is 2.04. The van der Waals surface area contributed by atoms with Crippen molar-refractivity contribution in [1.82, 2.24) is 10.2 Å². The molecule has 5 rings (SSSR count). The van der Waals surface area contributed by atoms with Crippen LogP contribution in [0.15, 0.2) is 54.6 Å². The summed E-state index contributed by atoms with van der Waals surface area (Å²) in [5.74, 6) is 0.255. The lowest BCUT2D eigenvalue weighted by Crippen LogP contribution is -2.66. The number of anilines is 1. The average molecular weight is 412 g/mol. The van der Waals surface area contributed by atoms with Crippen molar-refractivity contribution < 1.29 is 19.7 Å². The lowest BCUT2D eigenvalue weighted by Gasteiger charge is -2.47. The minimum Gasteiger partial charge on any atom is -0.508 e. The fraction of sp³-hybridized carbons (Fsp3) is 0.478. The van der Waals surface area contributed by atoms with Gasteiger partial charge in [-0.2, -0.15) is 0 Å². The van der Waals surface area contributed by atoms with Crippen molar-refractivity contribution in [3.8, 4) is 5.75 Å². The summed E-state index contributed by atoms with van der Waals surface area (Å²) in [4.78, 5) is 4.67. The predicted molar refractivity (Wildman–Crippen MR) is 113 cm³/mol. The number of aliphatic hydroxyl groups is 1. The Kier molecular flexibility index (Phi) is 5.62. The van der Waals surface area contributed by atoms with E-state index in [0.29, 0.717) is 13.2 Å². The molecular weight excluding hydrogens is 382 g/mol. The summed E-state index contributed by atoms with van der Waals surface area (Å²) in [6.45, 7) is 4.43. The highest BCUT2D eigenvalue weighted by molar-refractivity contribution is 5.46. The molecule has 0 amide bonds. The minimum atomic E-state index is -0.606. The van der Waals surface area contributed by atoms with Crippen LogP contribution in [0, 0.1) is 0 Å². The number of piperazine rings is 1. The van der Waals surface area contributed by atoms with Crippen LogP contribution >= 0.6 is 0 Å². The third-order valence-electron chi connectivity index (χ3n) is 6.51. The molecule has 0 radical (unpaired) electrons. The lowest BCUT2D eigenvalue weighted by atomic mass is 9.94. The Balaban J connectivity index is 1.25. The van der Waals surface area contributed by atoms with Crippen molar-refractivity contribution in [2.24, 2.45) is 0 Å². The molecular formula is C23H29N3O4. The smallest absolute Gasteiger partial charge is 0.176 e. The zero-order valence-electron chi connectivity index (χ0n) is 16.9. The molecule has 5 atom stereocenters. The van der Waals surface area contributed by atoms with Crippen molar-refractivity contribution in [1.29, 1.82) is 0 Å². The maximum absolute atomic E-state index is 11.3. The van der Waals surface area contributed by atoms with Gasteiger partial charge in [0, 0.05) is 44.0 Å². The number of phenolic OH excluding ortho intramolecular Hbond substituents is 1. The average Bonchev–Trinajstić information content (AvgIpc) is 3.21. The van der Waals surface area contributed by atoms with Gasteiger partial charge in [0.25, 0.3) is 0 Å². The molecule has 3 heterocycles. The maximum Gasteiger partial charge on any atom is 0.176 e. The number of hydrogen-bond acceptors (Lipinski definition) is 7. The molecule has 3 aliphatic heterocycles. The second-order valence-corrected chi connectivity index (χ2v) is 8.25. The summed E-state index contributed by atoms with van der Waals surface area (Å²) in [6.07, 6.45) is -1.18. The van der Waals surface area contributed by atoms with Crippen LogP contribution in [-0.4, -0.2) is 78.5 Å². The Morgan fingerprint density at radius 1 is 0.967 bits per heavy atom. The highest BCUT2D eigenvalue weighted by atomic mass is 16.7. The van der Waals surface area contributed by atoms with Crippen molar-refractivity contribution >= 4 is 5.69 Å². The molecule has 3 N–H and O–H groups in total. The van der Waals surface area contributed by atoms with Gasteiger partial charge in [-0.3, -0.25) is 4.90 Å². The molecule has 160 valence electrons. The van der Waals surface area contributed by atoms with Crippen LogP contribution in [0.1, 0.15) is 5.56 Å². The number of hydrogen-bond donors (Lipinski definition) is 3. The number of benzene rings is 2. The lowest BCUT2D eigenvalue weighted by molar-refractivity contribution is -0.183. The Morgan fingerprint density at radius 3 is 2.47 bits per heavy atom. The first-order chi connectivity index (χ1) is 14.7. The molecule has 0 saturated carbocycles. The molecule has 7 nitrogen and oxygen atoms in total. The summed E-state index contributed by atoms with van der Waals surface area (Å²) < 4.78 is 12.0. The summed E-state index contributed by atoms with van der Waals surface area (Å²) in [5, 5.41) is 24.7. The van der Waals surface area contributed by atoms with E-state index < -0.39 is 12.4 Å². The number of para-hydroxylation sites is 2. The number of ether oxygens (including phenoxy) is 2. The zero-order chi connectivity index (χ0) is 20.5. The van der Waals surface area contributed by atoms with Gasteiger partial charge in [-0.1, -0.05) is 36.4 Å². The third kappa shape index (κ3) is 3.79. The van der Waals surface area contributed by atoms with Gasteiger partial charge >= 0.3 is 0 Å². The van der Waals surface area contributed by atoms with E-state index in [1.165, 1.54) is 5.69 Å². The van der Waals surface area contributed by atoms with Crippen LogP contribution in [-0.2, 0) is 16.0 Å². The SMILES string of the molecule is Oc1ccccc1CN[C@H]1[C@H](O)[C@H](N2CCN(c3ccccc3)CC2)[C@@H]2OC[C@@H]1O2. The standard InChI is InChI=1S/C23H29N3O4/c27-18-9-5-4-6-16(18)14-24-20-19-15-29-23(30-19)21(22(20)28)26-12-10-25(11-13-26)17-7-2-1-3-8-17/h1-9,19-24,27-28H,10-15H2/t19-,20+,21-,22-,23+/m0/s1. The van der Waals surface area contributed by atoms with Gasteiger partial charge in [-0.15, -0.1) is 0 Å². The maximum atomic E-state index is 11.3. The molecule has 2 aromatic rings. The van der Waals surface area contributed by atoms with E-state index in [-0.39, 0.29) is 23.9 Å². The monoisotopic (exact) mass is 411 g/mol. The number of nitrogens with one attached hydrogen (secondary N) is 1. The van der Waals surface area contributed by atoms with Crippen LogP contribution in [0.5, 0.6) is 5.75 Å². The molecule has 0 unspecified atom stereocenters. The van der Waals surface area contributed by atoms with E-state index in [2.05, 4.69) is 39.4 Å². The number of nitrogens with zero attached hydrogens (tertiary/aromatic N) is 2. The topological polar surface area (TPSA) is 77.4 Å². The van der Waals surface area contributed by atoms with Crippen molar-refractivity contribution in [3.63, 3.8) is 0 Å². The Labute approximate surface area is 176 Å². The van der Waals surface area contributed by atoms with Crippen LogP contribution in [0.4, 0.5) is 5.69 Å². The fourth-order valence-electron chi connectivity index (χ4n) is 4.85. The molecule has 3 fully saturated rings. The van der Waals surface area contributed by atoms with Gasteiger partial charge in [0.05, 0.1) is 24.8 Å². The van der Waals surface area contributed by atoms with Crippen LogP contribution in [0.25, 0.3) is 0 Å². The number of rotatable bonds is 5. The van der Waals surface area contributed by atoms with E-state index in [9.17, 15) is 10.2 Å². The molecule has 30 heavy (non-hydrogen) atoms. The van der Waals surface area contributed by atoms with Gasteiger partial charge in [-0.05, 0) is 18.2 Å². The molecule has 2 bridgehead atoms. The zero-order valence-corrected chi connectivity index (χ0v) is 16.9. The summed E-state index contributed by atoms with van der Waals surface area (Å²) >= 11 is 0. The first kappa shape index (κ1) is 19.8. The van der Waals surface area contributed by atoms with E-state index in [4.69, 9.17) is 9.47 Å². The van der Waals surface area contributed by atoms with Crippen LogP contribution in [0.3, 0.4) is 0 Å². The Hall–Kier alpha value is -2.16. The normalized spacial score (nSPS) is 31.8. The van der Waals surface area contributed by atoms with Crippen molar-refractivity contribution in [3.05, 3.63) is 60.2 Å². The van der Waals surface area contributed by atoms with E-state index >= 15 is 0 Å². The van der Waals surface area contributed by atoms with Crippen molar-refractivity contribution in [2.75, 3.05) is 37.7 Å². The summed E-state index contributed by atoms with van der Waals surface area (Å²) in [7, 11) is 0. The number of aromatic hydroxyl groups is 1.